The average molecular weight is 246 g/mol. The van der Waals surface area contributed by atoms with E-state index in [1.165, 1.54) is 18.2 Å². The summed E-state index contributed by atoms with van der Waals surface area (Å²) in [6, 6.07) is 6.30. The highest BCUT2D eigenvalue weighted by Crippen LogP contribution is 2.25. The molecule has 1 saturated heterocycles. The van der Waals surface area contributed by atoms with Crippen LogP contribution in [0, 0.1) is 17.2 Å². The summed E-state index contributed by atoms with van der Waals surface area (Å²) in [6.07, 6.45) is 1.65. The van der Waals surface area contributed by atoms with Crippen molar-refractivity contribution in [3.63, 3.8) is 0 Å². The Labute approximate surface area is 105 Å². The molecule has 1 aliphatic rings. The van der Waals surface area contributed by atoms with Gasteiger partial charge in [0.25, 0.3) is 0 Å². The molecule has 1 fully saturated rings. The predicted molar refractivity (Wildman–Crippen MR) is 65.0 cm³/mol. The fraction of sp³-hybridized carbons (Fsp3) is 0.385. The first kappa shape index (κ1) is 12.4. The molecule has 0 spiro atoms. The zero-order chi connectivity index (χ0) is 13.0. The van der Waals surface area contributed by atoms with Gasteiger partial charge < -0.3 is 15.2 Å². The molecule has 0 aromatic heterocycles. The molecule has 1 aliphatic heterocycles. The monoisotopic (exact) mass is 246 g/mol. The molecule has 1 atom stereocenters. The highest BCUT2D eigenvalue weighted by Gasteiger charge is 2.22. The average Bonchev–Trinajstić information content (AvgIpc) is 2.42. The summed E-state index contributed by atoms with van der Waals surface area (Å²) in [5.41, 5.74) is 0.660. The number of nitriles is 1. The Kier molecular flexibility index (Phi) is 3.80. The van der Waals surface area contributed by atoms with Gasteiger partial charge in [0.15, 0.2) is 0 Å². The van der Waals surface area contributed by atoms with Crippen LogP contribution in [-0.2, 0) is 9.53 Å². The fourth-order valence-electron chi connectivity index (χ4n) is 1.89. The third-order valence-corrected chi connectivity index (χ3v) is 2.91. The quantitative estimate of drug-likeness (QED) is 0.777. The molecule has 2 rings (SSSR count). The first-order valence-electron chi connectivity index (χ1n) is 5.82. The molecule has 1 amide bonds. The maximum absolute atomic E-state index is 11.9. The van der Waals surface area contributed by atoms with E-state index in [1.54, 1.807) is 0 Å². The van der Waals surface area contributed by atoms with E-state index in [0.29, 0.717) is 18.8 Å². The molecule has 5 heteroatoms. The minimum Gasteiger partial charge on any atom is -0.506 e. The zero-order valence-electron chi connectivity index (χ0n) is 9.85. The van der Waals surface area contributed by atoms with E-state index < -0.39 is 0 Å². The van der Waals surface area contributed by atoms with Gasteiger partial charge in [-0.25, -0.2) is 0 Å². The molecule has 94 valence electrons. The molecule has 1 aromatic carbocycles. The third kappa shape index (κ3) is 2.79. The van der Waals surface area contributed by atoms with Crippen LogP contribution in [-0.4, -0.2) is 24.2 Å². The number of aromatic hydroxyl groups is 1. The van der Waals surface area contributed by atoms with Crippen LogP contribution in [0.2, 0.25) is 0 Å². The third-order valence-electron chi connectivity index (χ3n) is 2.91. The standard InChI is InChI=1S/C13H14N2O3/c14-7-9-3-4-12(16)11(6-9)15-13(17)10-2-1-5-18-8-10/h3-4,6,10,16H,1-2,5,8H2,(H,15,17)/t10-/m0/s1. The Morgan fingerprint density at radius 2 is 2.39 bits per heavy atom. The van der Waals surface area contributed by atoms with Gasteiger partial charge in [-0.15, -0.1) is 0 Å². The van der Waals surface area contributed by atoms with Gasteiger partial charge in [-0.05, 0) is 31.0 Å². The molecule has 0 saturated carbocycles. The number of rotatable bonds is 2. The minimum atomic E-state index is -0.191. The van der Waals surface area contributed by atoms with E-state index in [1.807, 2.05) is 6.07 Å². The molecular formula is C13H14N2O3. The molecule has 1 heterocycles. The van der Waals surface area contributed by atoms with Crippen molar-refractivity contribution in [1.29, 1.82) is 5.26 Å². The molecule has 0 aliphatic carbocycles. The molecule has 18 heavy (non-hydrogen) atoms. The number of phenols is 1. The van der Waals surface area contributed by atoms with Crippen molar-refractivity contribution in [2.75, 3.05) is 18.5 Å². The highest BCUT2D eigenvalue weighted by molar-refractivity contribution is 5.94. The zero-order valence-corrected chi connectivity index (χ0v) is 9.85. The van der Waals surface area contributed by atoms with Gasteiger partial charge in [0, 0.05) is 6.61 Å². The van der Waals surface area contributed by atoms with Crippen LogP contribution >= 0.6 is 0 Å². The smallest absolute Gasteiger partial charge is 0.229 e. The molecule has 0 unspecified atom stereocenters. The van der Waals surface area contributed by atoms with Gasteiger partial charge in [0.2, 0.25) is 5.91 Å². The lowest BCUT2D eigenvalue weighted by atomic mass is 10.0. The number of anilines is 1. The Bertz CT molecular complexity index is 487. The minimum absolute atomic E-state index is 0.0425. The molecule has 1 aromatic rings. The van der Waals surface area contributed by atoms with Crippen LogP contribution in [0.4, 0.5) is 5.69 Å². The summed E-state index contributed by atoms with van der Waals surface area (Å²) in [7, 11) is 0. The van der Waals surface area contributed by atoms with E-state index in [2.05, 4.69) is 5.32 Å². The number of benzene rings is 1. The van der Waals surface area contributed by atoms with Gasteiger partial charge >= 0.3 is 0 Å². The van der Waals surface area contributed by atoms with E-state index in [-0.39, 0.29) is 23.3 Å². The summed E-state index contributed by atoms with van der Waals surface area (Å²) in [5, 5.41) is 21.0. The number of hydrogen-bond acceptors (Lipinski definition) is 4. The normalized spacial score (nSPS) is 18.9. The number of nitrogens with zero attached hydrogens (tertiary/aromatic N) is 1. The molecule has 0 radical (unpaired) electrons. The van der Waals surface area contributed by atoms with Crippen molar-refractivity contribution in [2.45, 2.75) is 12.8 Å². The summed E-state index contributed by atoms with van der Waals surface area (Å²) in [4.78, 5) is 11.9. The van der Waals surface area contributed by atoms with Crippen LogP contribution in [0.25, 0.3) is 0 Å². The maximum atomic E-state index is 11.9. The summed E-state index contributed by atoms with van der Waals surface area (Å²) in [5.74, 6) is -0.414. The lowest BCUT2D eigenvalue weighted by Gasteiger charge is -2.21. The number of phenolic OH excluding ortho intramolecular Hbond substituents is 1. The van der Waals surface area contributed by atoms with Crippen molar-refractivity contribution < 1.29 is 14.6 Å². The van der Waals surface area contributed by atoms with Crippen LogP contribution < -0.4 is 5.32 Å². The Hall–Kier alpha value is -2.06. The largest absolute Gasteiger partial charge is 0.506 e. The van der Waals surface area contributed by atoms with E-state index in [9.17, 15) is 9.90 Å². The SMILES string of the molecule is N#Cc1ccc(O)c(NC(=O)[C@H]2CCCOC2)c1. The van der Waals surface area contributed by atoms with Gasteiger partial charge in [-0.2, -0.15) is 5.26 Å². The second kappa shape index (κ2) is 5.52. The lowest BCUT2D eigenvalue weighted by molar-refractivity contribution is -0.123. The van der Waals surface area contributed by atoms with Crippen molar-refractivity contribution in [2.24, 2.45) is 5.92 Å². The number of carbonyl (C=O) groups excluding carboxylic acids is 1. The van der Waals surface area contributed by atoms with Crippen LogP contribution in [0.15, 0.2) is 18.2 Å². The summed E-state index contributed by atoms with van der Waals surface area (Å²) >= 11 is 0. The van der Waals surface area contributed by atoms with E-state index in [4.69, 9.17) is 10.00 Å². The van der Waals surface area contributed by atoms with E-state index in [0.717, 1.165) is 12.8 Å². The lowest BCUT2D eigenvalue weighted by Crippen LogP contribution is -2.30. The maximum Gasteiger partial charge on any atom is 0.229 e. The fourth-order valence-corrected chi connectivity index (χ4v) is 1.89. The molecule has 5 nitrogen and oxygen atoms in total. The Morgan fingerprint density at radius 1 is 1.56 bits per heavy atom. The second-order valence-corrected chi connectivity index (χ2v) is 4.25. The van der Waals surface area contributed by atoms with Crippen molar-refractivity contribution in [3.05, 3.63) is 23.8 Å². The van der Waals surface area contributed by atoms with Crippen LogP contribution in [0.5, 0.6) is 5.75 Å². The van der Waals surface area contributed by atoms with Gasteiger partial charge in [0.1, 0.15) is 5.75 Å². The first-order chi connectivity index (χ1) is 8.70. The molecule has 0 bridgehead atoms. The first-order valence-corrected chi connectivity index (χ1v) is 5.82. The topological polar surface area (TPSA) is 82.4 Å². The van der Waals surface area contributed by atoms with E-state index >= 15 is 0 Å². The summed E-state index contributed by atoms with van der Waals surface area (Å²) in [6.45, 7) is 1.10. The number of hydrogen-bond donors (Lipinski definition) is 2. The van der Waals surface area contributed by atoms with Crippen molar-refractivity contribution in [1.82, 2.24) is 0 Å². The van der Waals surface area contributed by atoms with Gasteiger partial charge in [0.05, 0.1) is 29.8 Å². The van der Waals surface area contributed by atoms with Crippen LogP contribution in [0.1, 0.15) is 18.4 Å². The van der Waals surface area contributed by atoms with Crippen LogP contribution in [0.3, 0.4) is 0 Å². The predicted octanol–water partition coefficient (Wildman–Crippen LogP) is 1.63. The number of nitrogens with one attached hydrogen (secondary N) is 1. The second-order valence-electron chi connectivity index (χ2n) is 4.25. The number of ether oxygens (including phenoxy) is 1. The Morgan fingerprint density at radius 3 is 3.06 bits per heavy atom. The molecular weight excluding hydrogens is 232 g/mol. The number of carbonyl (C=O) groups is 1. The van der Waals surface area contributed by atoms with Gasteiger partial charge in [-0.1, -0.05) is 0 Å². The number of amides is 1. The molecule has 2 N–H and O–H groups in total. The van der Waals surface area contributed by atoms with Crippen molar-refractivity contribution >= 4 is 11.6 Å². The Balaban J connectivity index is 2.08. The summed E-state index contributed by atoms with van der Waals surface area (Å²) < 4.78 is 5.24. The highest BCUT2D eigenvalue weighted by atomic mass is 16.5. The van der Waals surface area contributed by atoms with Gasteiger partial charge in [-0.3, -0.25) is 4.79 Å². The van der Waals surface area contributed by atoms with Crippen molar-refractivity contribution in [3.8, 4) is 11.8 Å².